The van der Waals surface area contributed by atoms with E-state index in [9.17, 15) is 14.7 Å². The zero-order chi connectivity index (χ0) is 19.4. The van der Waals surface area contributed by atoms with Gasteiger partial charge in [-0.1, -0.05) is 0 Å². The van der Waals surface area contributed by atoms with Gasteiger partial charge in [0.2, 0.25) is 5.91 Å². The van der Waals surface area contributed by atoms with E-state index in [1.165, 1.54) is 0 Å². The first-order chi connectivity index (χ1) is 13.0. The molecule has 1 aromatic rings. The highest BCUT2D eigenvalue weighted by molar-refractivity contribution is 5.94. The molecule has 0 aromatic carbocycles. The summed E-state index contributed by atoms with van der Waals surface area (Å²) in [7, 11) is 3.45. The summed E-state index contributed by atoms with van der Waals surface area (Å²) in [4.78, 5) is 32.3. The van der Waals surface area contributed by atoms with E-state index < -0.39 is 6.10 Å². The number of β-amino-alcohol motifs (C(OH)–C–C–N with tert-alkyl or cyclic N) is 1. The Balaban J connectivity index is 1.76. The van der Waals surface area contributed by atoms with Gasteiger partial charge < -0.3 is 24.4 Å². The molecule has 0 radical (unpaired) electrons. The average molecular weight is 377 g/mol. The molecule has 148 valence electrons. The van der Waals surface area contributed by atoms with Crippen LogP contribution >= 0.6 is 0 Å². The maximum Gasteiger partial charge on any atom is 0.254 e. The van der Waals surface area contributed by atoms with Crippen LogP contribution in [0.3, 0.4) is 0 Å². The van der Waals surface area contributed by atoms with Crippen molar-refractivity contribution < 1.29 is 24.2 Å². The van der Waals surface area contributed by atoms with Gasteiger partial charge in [-0.3, -0.25) is 14.6 Å². The zero-order valence-electron chi connectivity index (χ0n) is 15.8. The highest BCUT2D eigenvalue weighted by Gasteiger charge is 2.40. The number of rotatable bonds is 3. The van der Waals surface area contributed by atoms with Gasteiger partial charge in [-0.25, -0.2) is 0 Å². The smallest absolute Gasteiger partial charge is 0.254 e. The van der Waals surface area contributed by atoms with E-state index in [1.807, 2.05) is 0 Å². The molecule has 2 aliphatic heterocycles. The van der Waals surface area contributed by atoms with Gasteiger partial charge in [0, 0.05) is 38.6 Å². The average Bonchev–Trinajstić information content (AvgIpc) is 2.65. The number of ether oxygens (including phenoxy) is 2. The summed E-state index contributed by atoms with van der Waals surface area (Å²) in [6, 6.07) is 3.13. The largest absolute Gasteiger partial charge is 0.389 e. The van der Waals surface area contributed by atoms with Crippen molar-refractivity contribution in [1.29, 1.82) is 0 Å². The lowest BCUT2D eigenvalue weighted by atomic mass is 9.94. The fourth-order valence-electron chi connectivity index (χ4n) is 3.61. The second-order valence-corrected chi connectivity index (χ2v) is 7.32. The molecule has 0 bridgehead atoms. The van der Waals surface area contributed by atoms with Crippen molar-refractivity contribution >= 4 is 11.8 Å². The van der Waals surface area contributed by atoms with Crippen LogP contribution < -0.4 is 0 Å². The summed E-state index contributed by atoms with van der Waals surface area (Å²) in [5.74, 6) is -0.134. The molecule has 8 nitrogen and oxygen atoms in total. The second-order valence-electron chi connectivity index (χ2n) is 7.32. The number of hydrogen-bond donors (Lipinski definition) is 1. The number of aliphatic hydroxyl groups is 1. The van der Waals surface area contributed by atoms with E-state index in [2.05, 4.69) is 4.98 Å². The van der Waals surface area contributed by atoms with Crippen molar-refractivity contribution in [3.63, 3.8) is 0 Å². The van der Waals surface area contributed by atoms with Gasteiger partial charge in [0.05, 0.1) is 37.9 Å². The molecule has 0 saturated carbocycles. The van der Waals surface area contributed by atoms with Gasteiger partial charge in [-0.2, -0.15) is 0 Å². The minimum atomic E-state index is -0.746. The van der Waals surface area contributed by atoms with Crippen molar-refractivity contribution in [3.05, 3.63) is 30.1 Å². The van der Waals surface area contributed by atoms with E-state index in [1.54, 1.807) is 48.4 Å². The maximum absolute atomic E-state index is 13.0. The number of pyridine rings is 1. The van der Waals surface area contributed by atoms with Crippen LogP contribution in [0.15, 0.2) is 24.5 Å². The Morgan fingerprint density at radius 2 is 2.00 bits per heavy atom. The van der Waals surface area contributed by atoms with Gasteiger partial charge >= 0.3 is 0 Å². The SMILES string of the molecule is CN(C)C(=O)C[C@@H]1CC[C@H]2[C@@H](COC[C@H](O)CN2C(=O)c2ccncc2)O1. The summed E-state index contributed by atoms with van der Waals surface area (Å²) >= 11 is 0. The first-order valence-electron chi connectivity index (χ1n) is 9.28. The van der Waals surface area contributed by atoms with E-state index in [4.69, 9.17) is 9.47 Å². The summed E-state index contributed by atoms with van der Waals surface area (Å²) in [6.07, 6.45) is 3.59. The van der Waals surface area contributed by atoms with Gasteiger partial charge in [-0.05, 0) is 25.0 Å². The summed E-state index contributed by atoms with van der Waals surface area (Å²) in [6.45, 7) is 0.621. The van der Waals surface area contributed by atoms with Crippen molar-refractivity contribution in [3.8, 4) is 0 Å². The standard InChI is InChI=1S/C19H27N3O5/c1-21(2)18(24)9-15-3-4-16-17(27-15)12-26-11-14(23)10-22(16)19(25)13-5-7-20-8-6-13/h5-8,14-17,23H,3-4,9-12H2,1-2H3/t14-,15+,16+,17-/m1/s1. The van der Waals surface area contributed by atoms with E-state index >= 15 is 0 Å². The van der Waals surface area contributed by atoms with E-state index in [-0.39, 0.29) is 49.8 Å². The van der Waals surface area contributed by atoms with Crippen LogP contribution in [0.4, 0.5) is 0 Å². The Labute approximate surface area is 159 Å². The topological polar surface area (TPSA) is 92.2 Å². The highest BCUT2D eigenvalue weighted by Crippen LogP contribution is 2.29. The fourth-order valence-corrected chi connectivity index (χ4v) is 3.61. The molecule has 0 aliphatic carbocycles. The number of nitrogens with zero attached hydrogens (tertiary/aromatic N) is 3. The number of amides is 2. The Kier molecular flexibility index (Phi) is 6.41. The Bertz CT molecular complexity index is 654. The summed E-state index contributed by atoms with van der Waals surface area (Å²) < 4.78 is 11.7. The van der Waals surface area contributed by atoms with Crippen LogP contribution in [0.5, 0.6) is 0 Å². The van der Waals surface area contributed by atoms with Gasteiger partial charge in [0.25, 0.3) is 5.91 Å². The van der Waals surface area contributed by atoms with Gasteiger partial charge in [0.1, 0.15) is 6.10 Å². The number of fused-ring (bicyclic) bond motifs is 1. The second kappa shape index (κ2) is 8.77. The van der Waals surface area contributed by atoms with Gasteiger partial charge in [0.15, 0.2) is 0 Å². The molecule has 27 heavy (non-hydrogen) atoms. The van der Waals surface area contributed by atoms with Crippen molar-refractivity contribution in [1.82, 2.24) is 14.8 Å². The molecular formula is C19H27N3O5. The predicted octanol–water partition coefficient (Wildman–Crippen LogP) is 0.309. The molecule has 3 rings (SSSR count). The van der Waals surface area contributed by atoms with Crippen LogP contribution in [-0.2, 0) is 14.3 Å². The predicted molar refractivity (Wildman–Crippen MR) is 97.1 cm³/mol. The molecule has 0 spiro atoms. The van der Waals surface area contributed by atoms with Crippen LogP contribution in [0.25, 0.3) is 0 Å². The van der Waals surface area contributed by atoms with Crippen molar-refractivity contribution in [2.75, 3.05) is 33.9 Å². The van der Waals surface area contributed by atoms with Crippen LogP contribution in [-0.4, -0.2) is 89.9 Å². The lowest BCUT2D eigenvalue weighted by Crippen LogP contribution is -2.57. The Hall–Kier alpha value is -2.03. The van der Waals surface area contributed by atoms with Crippen molar-refractivity contribution in [2.45, 2.75) is 43.6 Å². The third kappa shape index (κ3) is 4.82. The lowest BCUT2D eigenvalue weighted by molar-refractivity contribution is -0.154. The quantitative estimate of drug-likeness (QED) is 0.815. The summed E-state index contributed by atoms with van der Waals surface area (Å²) in [5.41, 5.74) is 0.530. The van der Waals surface area contributed by atoms with Crippen LogP contribution in [0, 0.1) is 0 Å². The van der Waals surface area contributed by atoms with Crippen molar-refractivity contribution in [2.24, 2.45) is 0 Å². The molecule has 2 aliphatic rings. The minimum absolute atomic E-state index is 0.0188. The zero-order valence-corrected chi connectivity index (χ0v) is 15.8. The maximum atomic E-state index is 13.0. The minimum Gasteiger partial charge on any atom is -0.389 e. The molecule has 0 unspecified atom stereocenters. The Morgan fingerprint density at radius 1 is 1.26 bits per heavy atom. The number of aromatic nitrogens is 1. The number of hydrogen-bond acceptors (Lipinski definition) is 6. The molecule has 1 N–H and O–H groups in total. The molecule has 2 saturated heterocycles. The fraction of sp³-hybridized carbons (Fsp3) is 0.632. The molecule has 8 heteroatoms. The third-order valence-corrected chi connectivity index (χ3v) is 5.07. The molecule has 2 fully saturated rings. The number of aliphatic hydroxyl groups excluding tert-OH is 1. The molecule has 3 heterocycles. The lowest BCUT2D eigenvalue weighted by Gasteiger charge is -2.44. The number of carbonyl (C=O) groups excluding carboxylic acids is 2. The highest BCUT2D eigenvalue weighted by atomic mass is 16.5. The van der Waals surface area contributed by atoms with Crippen LogP contribution in [0.1, 0.15) is 29.6 Å². The monoisotopic (exact) mass is 377 g/mol. The first-order valence-corrected chi connectivity index (χ1v) is 9.28. The third-order valence-electron chi connectivity index (χ3n) is 5.07. The van der Waals surface area contributed by atoms with Gasteiger partial charge in [-0.15, -0.1) is 0 Å². The van der Waals surface area contributed by atoms with E-state index in [0.29, 0.717) is 24.8 Å². The van der Waals surface area contributed by atoms with Crippen LogP contribution in [0.2, 0.25) is 0 Å². The first kappa shape index (κ1) is 19.7. The molecule has 4 atom stereocenters. The molecule has 1 aromatic heterocycles. The van der Waals surface area contributed by atoms with E-state index in [0.717, 1.165) is 0 Å². The normalized spacial score (nSPS) is 28.6. The molecular weight excluding hydrogens is 350 g/mol. The number of carbonyl (C=O) groups is 2. The summed E-state index contributed by atoms with van der Waals surface area (Å²) in [5, 5.41) is 10.2. The molecule has 2 amide bonds. The Morgan fingerprint density at radius 3 is 2.70 bits per heavy atom.